The van der Waals surface area contributed by atoms with Crippen LogP contribution < -0.4 is 12.4 Å². The third-order valence-electron chi connectivity index (χ3n) is 1.48. The average molecular weight is 216 g/mol. The van der Waals surface area contributed by atoms with Gasteiger partial charge in [0.2, 0.25) is 0 Å². The standard InChI is InChI=1S/C5H10NO4P.ClH/c1-2-5-6(3-4-10-5)11(7,8)9;/h2-4H2,1H3,(H-,7,8,9);1H. The van der Waals surface area contributed by atoms with Crippen LogP contribution in [0.25, 0.3) is 0 Å². The maximum atomic E-state index is 10.7. The molecule has 0 bridgehead atoms. The van der Waals surface area contributed by atoms with Crippen LogP contribution in [0.2, 0.25) is 0 Å². The van der Waals surface area contributed by atoms with Gasteiger partial charge in [-0.25, -0.2) is 0 Å². The van der Waals surface area contributed by atoms with E-state index in [0.717, 1.165) is 4.35 Å². The Morgan fingerprint density at radius 2 is 2.25 bits per heavy atom. The molecule has 0 fully saturated rings. The van der Waals surface area contributed by atoms with Crippen LogP contribution in [0.5, 0.6) is 0 Å². The highest BCUT2D eigenvalue weighted by Gasteiger charge is 2.38. The zero-order valence-corrected chi connectivity index (χ0v) is 8.25. The molecule has 0 amide bonds. The number of hydrogen-bond donors (Lipinski definition) is 2. The van der Waals surface area contributed by atoms with E-state index in [0.29, 0.717) is 18.9 Å². The minimum atomic E-state index is -4.11. The molecular weight excluding hydrogens is 204 g/mol. The van der Waals surface area contributed by atoms with Gasteiger partial charge in [0.05, 0.1) is 6.42 Å². The van der Waals surface area contributed by atoms with Crippen molar-refractivity contribution in [3.05, 3.63) is 0 Å². The molecule has 1 aliphatic heterocycles. The fraction of sp³-hybridized carbons (Fsp3) is 0.800. The minimum Gasteiger partial charge on any atom is -1.00 e. The molecule has 0 radical (unpaired) electrons. The van der Waals surface area contributed by atoms with Crippen molar-refractivity contribution in [2.24, 2.45) is 0 Å². The van der Waals surface area contributed by atoms with Crippen LogP contribution in [-0.4, -0.2) is 33.2 Å². The number of hydrogen-bond acceptors (Lipinski definition) is 2. The van der Waals surface area contributed by atoms with Crippen LogP contribution >= 0.6 is 7.75 Å². The van der Waals surface area contributed by atoms with Gasteiger partial charge in [0.15, 0.2) is 13.2 Å². The summed E-state index contributed by atoms with van der Waals surface area (Å²) in [6.07, 6.45) is 0.519. The van der Waals surface area contributed by atoms with Crippen LogP contribution in [0.15, 0.2) is 0 Å². The highest BCUT2D eigenvalue weighted by atomic mass is 35.5. The van der Waals surface area contributed by atoms with E-state index >= 15 is 0 Å². The first kappa shape index (κ1) is 11.9. The van der Waals surface area contributed by atoms with Crippen molar-refractivity contribution in [3.8, 4) is 0 Å². The summed E-state index contributed by atoms with van der Waals surface area (Å²) in [5.74, 6) is 0.387. The van der Waals surface area contributed by atoms with Crippen molar-refractivity contribution in [2.75, 3.05) is 13.2 Å². The summed E-state index contributed by atoms with van der Waals surface area (Å²) in [6.45, 7) is 2.45. The van der Waals surface area contributed by atoms with E-state index in [2.05, 4.69) is 0 Å². The van der Waals surface area contributed by atoms with Crippen LogP contribution in [0.1, 0.15) is 13.3 Å². The van der Waals surface area contributed by atoms with Gasteiger partial charge in [-0.1, -0.05) is 6.92 Å². The predicted octanol–water partition coefficient (Wildman–Crippen LogP) is -3.07. The molecule has 0 unspecified atom stereocenters. The Labute approximate surface area is 76.7 Å². The lowest BCUT2D eigenvalue weighted by Gasteiger charge is -1.97. The van der Waals surface area contributed by atoms with Gasteiger partial charge in [-0.15, -0.1) is 4.35 Å². The molecule has 0 aliphatic carbocycles. The van der Waals surface area contributed by atoms with Gasteiger partial charge in [0, 0.05) is 0 Å². The van der Waals surface area contributed by atoms with E-state index in [4.69, 9.17) is 14.5 Å². The Morgan fingerprint density at radius 1 is 1.67 bits per heavy atom. The zero-order chi connectivity index (χ0) is 8.48. The molecular formula is C5H11ClNO4P. The summed E-state index contributed by atoms with van der Waals surface area (Å²) >= 11 is 0. The molecule has 0 spiro atoms. The van der Waals surface area contributed by atoms with Crippen LogP contribution in [0, 0.1) is 0 Å². The van der Waals surface area contributed by atoms with Gasteiger partial charge in [-0.2, -0.15) is 4.57 Å². The van der Waals surface area contributed by atoms with Gasteiger partial charge in [0.25, 0.3) is 0 Å². The summed E-state index contributed by atoms with van der Waals surface area (Å²) in [6, 6.07) is 0. The Kier molecular flexibility index (Phi) is 4.20. The van der Waals surface area contributed by atoms with Gasteiger partial charge in [0.1, 0.15) is 0 Å². The molecule has 1 heterocycles. The van der Waals surface area contributed by atoms with Crippen LogP contribution in [-0.2, 0) is 9.30 Å². The highest BCUT2D eigenvalue weighted by Crippen LogP contribution is 2.37. The molecule has 1 aliphatic rings. The van der Waals surface area contributed by atoms with Crippen molar-refractivity contribution >= 4 is 13.6 Å². The number of ether oxygens (including phenoxy) is 1. The summed E-state index contributed by atoms with van der Waals surface area (Å²) in [7, 11) is -4.11. The van der Waals surface area contributed by atoms with E-state index in [1.165, 1.54) is 0 Å². The molecule has 2 N–H and O–H groups in total. The van der Waals surface area contributed by atoms with Crippen molar-refractivity contribution in [1.82, 2.24) is 0 Å². The molecule has 72 valence electrons. The summed E-state index contributed by atoms with van der Waals surface area (Å²) in [5.41, 5.74) is 0. The first-order valence-electron chi connectivity index (χ1n) is 3.38. The Bertz CT molecular complexity index is 236. The quantitative estimate of drug-likeness (QED) is 0.480. The van der Waals surface area contributed by atoms with E-state index in [9.17, 15) is 4.57 Å². The molecule has 0 aromatic heterocycles. The maximum Gasteiger partial charge on any atom is 0.605 e. The monoisotopic (exact) mass is 215 g/mol. The zero-order valence-electron chi connectivity index (χ0n) is 6.60. The lowest BCUT2D eigenvalue weighted by atomic mass is 10.5. The van der Waals surface area contributed by atoms with E-state index in [1.807, 2.05) is 0 Å². The first-order chi connectivity index (χ1) is 5.05. The number of halogens is 1. The Hall–Kier alpha value is -0.0900. The maximum absolute atomic E-state index is 10.7. The second-order valence-corrected chi connectivity index (χ2v) is 3.74. The Morgan fingerprint density at radius 3 is 2.58 bits per heavy atom. The second kappa shape index (κ2) is 4.23. The average Bonchev–Trinajstić information content (AvgIpc) is 2.31. The molecule has 0 aromatic rings. The van der Waals surface area contributed by atoms with Crippen molar-refractivity contribution < 1.29 is 35.8 Å². The van der Waals surface area contributed by atoms with Gasteiger partial charge in [-0.3, -0.25) is 9.79 Å². The van der Waals surface area contributed by atoms with Gasteiger partial charge < -0.3 is 17.1 Å². The smallest absolute Gasteiger partial charge is 0.605 e. The predicted molar refractivity (Wildman–Crippen MR) is 38.4 cm³/mol. The Balaban J connectivity index is 0.00000121. The summed E-state index contributed by atoms with van der Waals surface area (Å²) in [4.78, 5) is 17.5. The molecule has 1 rings (SSSR count). The summed E-state index contributed by atoms with van der Waals surface area (Å²) in [5, 5.41) is 0. The first-order valence-corrected chi connectivity index (χ1v) is 4.94. The minimum absolute atomic E-state index is 0. The molecule has 0 saturated carbocycles. The highest BCUT2D eigenvalue weighted by molar-refractivity contribution is 7.45. The van der Waals surface area contributed by atoms with E-state index in [1.54, 1.807) is 6.92 Å². The topological polar surface area (TPSA) is 69.8 Å². The largest absolute Gasteiger partial charge is 1.00 e. The molecule has 12 heavy (non-hydrogen) atoms. The second-order valence-electron chi connectivity index (χ2n) is 2.23. The van der Waals surface area contributed by atoms with Crippen LogP contribution in [0.4, 0.5) is 0 Å². The third kappa shape index (κ3) is 2.45. The number of rotatable bonds is 2. The lowest BCUT2D eigenvalue weighted by Crippen LogP contribution is -3.00. The van der Waals surface area contributed by atoms with Crippen LogP contribution in [0.3, 0.4) is 0 Å². The molecule has 0 aromatic carbocycles. The van der Waals surface area contributed by atoms with E-state index < -0.39 is 7.75 Å². The SMILES string of the molecule is CCC1=[N+](P(=O)(O)O)CCO1.[Cl-]. The number of nitrogens with zero attached hydrogens (tertiary/aromatic N) is 1. The lowest BCUT2D eigenvalue weighted by molar-refractivity contribution is -0.386. The summed E-state index contributed by atoms with van der Waals surface area (Å²) < 4.78 is 16.7. The van der Waals surface area contributed by atoms with Crippen molar-refractivity contribution in [2.45, 2.75) is 13.3 Å². The van der Waals surface area contributed by atoms with Gasteiger partial charge >= 0.3 is 13.6 Å². The fourth-order valence-electron chi connectivity index (χ4n) is 1.01. The fourth-order valence-corrected chi connectivity index (χ4v) is 1.84. The van der Waals surface area contributed by atoms with E-state index in [-0.39, 0.29) is 19.0 Å². The normalized spacial score (nSPS) is 17.2. The molecule has 5 nitrogen and oxygen atoms in total. The molecule has 7 heteroatoms. The molecule has 0 atom stereocenters. The van der Waals surface area contributed by atoms with Crippen molar-refractivity contribution in [1.29, 1.82) is 0 Å². The van der Waals surface area contributed by atoms with Crippen molar-refractivity contribution in [3.63, 3.8) is 0 Å². The third-order valence-corrected chi connectivity index (χ3v) is 2.53. The molecule has 0 saturated heterocycles. The van der Waals surface area contributed by atoms with Gasteiger partial charge in [-0.05, 0) is 0 Å².